The Hall–Kier alpha value is -3.21. The summed E-state index contributed by atoms with van der Waals surface area (Å²) < 4.78 is 23.5. The number of carbonyl (C=O) groups excluding carboxylic acids is 3. The second kappa shape index (κ2) is 10.2. The molecule has 1 aromatic carbocycles. The summed E-state index contributed by atoms with van der Waals surface area (Å²) in [6.07, 6.45) is 2.06. The Morgan fingerprint density at radius 3 is 2.87 bits per heavy atom. The number of nitrogens with two attached hydrogens (primary N) is 1. The summed E-state index contributed by atoms with van der Waals surface area (Å²) in [7, 11) is 0. The summed E-state index contributed by atoms with van der Waals surface area (Å²) in [5, 5.41) is 5.34. The van der Waals surface area contributed by atoms with Gasteiger partial charge in [-0.15, -0.1) is 0 Å². The number of likely N-dealkylation sites (tertiary alicyclic amines) is 1. The molecule has 1 aliphatic rings. The van der Waals surface area contributed by atoms with Crippen LogP contribution in [0, 0.1) is 12.7 Å². The first kappa shape index (κ1) is 22.5. The van der Waals surface area contributed by atoms with Crippen LogP contribution in [-0.2, 0) is 11.4 Å². The number of halogens is 1. The zero-order valence-corrected chi connectivity index (χ0v) is 17.9. The van der Waals surface area contributed by atoms with Crippen molar-refractivity contribution in [3.05, 3.63) is 40.7 Å². The first-order valence-corrected chi connectivity index (χ1v) is 10.6. The van der Waals surface area contributed by atoms with Gasteiger partial charge in [0.2, 0.25) is 11.8 Å². The molecule has 4 amide bonds. The maximum atomic E-state index is 14.0. The van der Waals surface area contributed by atoms with E-state index < -0.39 is 17.8 Å². The number of amides is 4. The van der Waals surface area contributed by atoms with Crippen LogP contribution in [0.1, 0.15) is 40.7 Å². The monoisotopic (exact) mass is 449 g/mol. The van der Waals surface area contributed by atoms with Crippen molar-refractivity contribution in [1.82, 2.24) is 14.6 Å². The van der Waals surface area contributed by atoms with E-state index in [1.165, 1.54) is 6.07 Å². The zero-order valence-electron chi connectivity index (χ0n) is 17.1. The van der Waals surface area contributed by atoms with Crippen molar-refractivity contribution in [2.24, 2.45) is 5.73 Å². The molecule has 1 saturated heterocycles. The largest absolute Gasteiger partial charge is 0.471 e. The third-order valence-corrected chi connectivity index (χ3v) is 5.51. The fraction of sp³-hybridized carbons (Fsp3) is 0.400. The summed E-state index contributed by atoms with van der Waals surface area (Å²) in [5.74, 6) is -1.18. The molecular weight excluding hydrogens is 425 g/mol. The van der Waals surface area contributed by atoms with Crippen LogP contribution < -0.4 is 21.1 Å². The Labute approximate surface area is 182 Å². The molecule has 0 bridgehead atoms. The standard InChI is InChI=1S/C20H24FN5O4S/c1-12-5-6-13(14(21)10-12)11-30-18-16(17(22)28)19(31-25-18)24-20(29)23-7-3-9-26-8-2-4-15(26)27/h5-6,10H,2-4,7-9,11H2,1H3,(H2,22,28)(H2,23,24,29). The van der Waals surface area contributed by atoms with E-state index >= 15 is 0 Å². The first-order chi connectivity index (χ1) is 14.8. The molecule has 3 rings (SSSR count). The number of rotatable bonds is 9. The minimum atomic E-state index is -0.823. The van der Waals surface area contributed by atoms with Gasteiger partial charge >= 0.3 is 6.03 Å². The highest BCUT2D eigenvalue weighted by atomic mass is 32.1. The molecule has 9 nitrogen and oxygen atoms in total. The molecule has 4 N–H and O–H groups in total. The normalized spacial score (nSPS) is 13.4. The summed E-state index contributed by atoms with van der Waals surface area (Å²) in [6.45, 7) is 3.32. The molecule has 0 saturated carbocycles. The van der Waals surface area contributed by atoms with Gasteiger partial charge in [-0.3, -0.25) is 14.9 Å². The van der Waals surface area contributed by atoms with Gasteiger partial charge in [0.05, 0.1) is 0 Å². The van der Waals surface area contributed by atoms with Crippen molar-refractivity contribution in [3.8, 4) is 5.88 Å². The van der Waals surface area contributed by atoms with Gasteiger partial charge in [-0.05, 0) is 42.9 Å². The highest BCUT2D eigenvalue weighted by Gasteiger charge is 2.23. The second-order valence-electron chi connectivity index (χ2n) is 7.16. The van der Waals surface area contributed by atoms with Crippen LogP contribution in [0.15, 0.2) is 18.2 Å². The van der Waals surface area contributed by atoms with E-state index in [0.29, 0.717) is 31.5 Å². The Morgan fingerprint density at radius 1 is 1.39 bits per heavy atom. The van der Waals surface area contributed by atoms with Crippen LogP contribution in [0.5, 0.6) is 5.88 Å². The van der Waals surface area contributed by atoms with Crippen molar-refractivity contribution in [2.75, 3.05) is 25.0 Å². The molecule has 0 aliphatic carbocycles. The molecule has 1 fully saturated rings. The molecule has 11 heteroatoms. The number of anilines is 1. The minimum Gasteiger partial charge on any atom is -0.471 e. The number of hydrogen-bond donors (Lipinski definition) is 3. The van der Waals surface area contributed by atoms with Gasteiger partial charge in [0.25, 0.3) is 5.91 Å². The van der Waals surface area contributed by atoms with Crippen LogP contribution >= 0.6 is 11.5 Å². The van der Waals surface area contributed by atoms with E-state index in [2.05, 4.69) is 15.0 Å². The van der Waals surface area contributed by atoms with Gasteiger partial charge in [0.15, 0.2) is 0 Å². The lowest BCUT2D eigenvalue weighted by molar-refractivity contribution is -0.127. The Balaban J connectivity index is 1.53. The summed E-state index contributed by atoms with van der Waals surface area (Å²) in [4.78, 5) is 37.4. The topological polar surface area (TPSA) is 127 Å². The van der Waals surface area contributed by atoms with E-state index in [4.69, 9.17) is 10.5 Å². The van der Waals surface area contributed by atoms with Gasteiger partial charge in [-0.1, -0.05) is 12.1 Å². The number of primary amides is 1. The maximum Gasteiger partial charge on any atom is 0.319 e. The number of aromatic nitrogens is 1. The number of ether oxygens (including phenoxy) is 1. The average molecular weight is 450 g/mol. The van der Waals surface area contributed by atoms with Crippen molar-refractivity contribution < 1.29 is 23.5 Å². The number of aryl methyl sites for hydroxylation is 1. The third kappa shape index (κ3) is 5.91. The lowest BCUT2D eigenvalue weighted by Gasteiger charge is -2.15. The molecule has 2 heterocycles. The molecular formula is C20H24FN5O4S. The van der Waals surface area contributed by atoms with Crippen LogP contribution in [0.2, 0.25) is 0 Å². The molecule has 1 aliphatic heterocycles. The molecule has 0 spiro atoms. The predicted octanol–water partition coefficient (Wildman–Crippen LogP) is 2.40. The smallest absolute Gasteiger partial charge is 0.319 e. The number of nitrogens with one attached hydrogen (secondary N) is 2. The van der Waals surface area contributed by atoms with Gasteiger partial charge in [-0.25, -0.2) is 9.18 Å². The number of benzene rings is 1. The Morgan fingerprint density at radius 2 is 2.19 bits per heavy atom. The van der Waals surface area contributed by atoms with Crippen molar-refractivity contribution in [3.63, 3.8) is 0 Å². The predicted molar refractivity (Wildman–Crippen MR) is 114 cm³/mol. The minimum absolute atomic E-state index is 0.0691. The van der Waals surface area contributed by atoms with Crippen LogP contribution in [0.25, 0.3) is 0 Å². The fourth-order valence-electron chi connectivity index (χ4n) is 3.15. The van der Waals surface area contributed by atoms with Crippen molar-refractivity contribution >= 4 is 34.4 Å². The first-order valence-electron chi connectivity index (χ1n) is 9.85. The van der Waals surface area contributed by atoms with E-state index in [1.807, 2.05) is 0 Å². The van der Waals surface area contributed by atoms with E-state index in [9.17, 15) is 18.8 Å². The van der Waals surface area contributed by atoms with Gasteiger partial charge in [0.1, 0.15) is 23.0 Å². The maximum absolute atomic E-state index is 14.0. The van der Waals surface area contributed by atoms with Crippen LogP contribution in [-0.4, -0.2) is 46.8 Å². The molecule has 0 unspecified atom stereocenters. The summed E-state index contributed by atoms with van der Waals surface area (Å²) in [5.41, 5.74) is 6.43. The number of hydrogen-bond acceptors (Lipinski definition) is 6. The van der Waals surface area contributed by atoms with Crippen LogP contribution in [0.3, 0.4) is 0 Å². The van der Waals surface area contributed by atoms with Crippen molar-refractivity contribution in [2.45, 2.75) is 32.8 Å². The lowest BCUT2D eigenvalue weighted by Crippen LogP contribution is -2.33. The summed E-state index contributed by atoms with van der Waals surface area (Å²) in [6, 6.07) is 4.18. The Kier molecular flexibility index (Phi) is 7.40. The SMILES string of the molecule is Cc1ccc(COc2nsc(NC(=O)NCCCN3CCCC3=O)c2C(N)=O)c(F)c1. The molecule has 31 heavy (non-hydrogen) atoms. The average Bonchev–Trinajstić information content (AvgIpc) is 3.30. The van der Waals surface area contributed by atoms with E-state index in [1.54, 1.807) is 24.0 Å². The zero-order chi connectivity index (χ0) is 22.4. The van der Waals surface area contributed by atoms with Crippen molar-refractivity contribution in [1.29, 1.82) is 0 Å². The fourth-order valence-corrected chi connectivity index (χ4v) is 3.89. The quantitative estimate of drug-likeness (QED) is 0.507. The van der Waals surface area contributed by atoms with E-state index in [0.717, 1.165) is 30.1 Å². The molecule has 0 radical (unpaired) electrons. The Bertz CT molecular complexity index is 980. The summed E-state index contributed by atoms with van der Waals surface area (Å²) >= 11 is 0.840. The molecule has 1 aromatic heterocycles. The molecule has 0 atom stereocenters. The third-order valence-electron chi connectivity index (χ3n) is 4.77. The second-order valence-corrected chi connectivity index (χ2v) is 7.93. The molecule has 2 aromatic rings. The number of carbonyl (C=O) groups is 3. The highest BCUT2D eigenvalue weighted by molar-refractivity contribution is 7.11. The van der Waals surface area contributed by atoms with Crippen LogP contribution in [0.4, 0.5) is 14.2 Å². The van der Waals surface area contributed by atoms with E-state index in [-0.39, 0.29) is 29.0 Å². The van der Waals surface area contributed by atoms with Gasteiger partial charge in [0, 0.05) is 31.6 Å². The number of nitrogens with zero attached hydrogens (tertiary/aromatic N) is 2. The lowest BCUT2D eigenvalue weighted by atomic mass is 10.1. The number of urea groups is 1. The van der Waals surface area contributed by atoms with Gasteiger partial charge in [-0.2, -0.15) is 4.37 Å². The highest BCUT2D eigenvalue weighted by Crippen LogP contribution is 2.31. The molecule has 166 valence electrons. The van der Waals surface area contributed by atoms with Gasteiger partial charge < -0.3 is 20.7 Å².